The van der Waals surface area contributed by atoms with Gasteiger partial charge in [0.1, 0.15) is 17.0 Å². The summed E-state index contributed by atoms with van der Waals surface area (Å²) < 4.78 is 29.0. The molecule has 3 aromatic rings. The van der Waals surface area contributed by atoms with E-state index in [0.29, 0.717) is 24.5 Å². The third kappa shape index (κ3) is 4.23. The standard InChI is InChI=1S/C26H31FN4O5/c1-13(2)29-20(25-28-10-14(3)36-25)15-7-8-30(11-15)22-19(27)9-17-21(24(22)35-4)31(16-5-6-16)12-18(23(17)32)26(33)34/h9-10,12-13,15-16,20,29H,5-8,11H2,1-4H3,(H,33,34). The zero-order valence-electron chi connectivity index (χ0n) is 20.9. The smallest absolute Gasteiger partial charge is 0.341 e. The SMILES string of the molecule is COc1c(N2CCC(C(NC(C)C)c3ncc(C)o3)C2)c(F)cc2c(=O)c(C(=O)O)cn(C3CC3)c12. The number of anilines is 1. The van der Waals surface area contributed by atoms with Gasteiger partial charge in [0.05, 0.1) is 30.3 Å². The number of hydrogen-bond acceptors (Lipinski definition) is 7. The molecule has 1 saturated heterocycles. The number of aromatic nitrogens is 2. The fraction of sp³-hybridized carbons (Fsp3) is 0.500. The molecule has 2 aliphatic rings. The van der Waals surface area contributed by atoms with E-state index in [0.717, 1.165) is 31.1 Å². The van der Waals surface area contributed by atoms with Gasteiger partial charge in [0.15, 0.2) is 11.6 Å². The minimum Gasteiger partial charge on any atom is -0.492 e. The molecule has 1 saturated carbocycles. The summed E-state index contributed by atoms with van der Waals surface area (Å²) >= 11 is 0. The van der Waals surface area contributed by atoms with Crippen LogP contribution in [0.25, 0.3) is 10.9 Å². The van der Waals surface area contributed by atoms with Crippen LogP contribution in [0, 0.1) is 18.7 Å². The maximum Gasteiger partial charge on any atom is 0.341 e. The number of rotatable bonds is 8. The van der Waals surface area contributed by atoms with Crippen LogP contribution in [0.15, 0.2) is 27.7 Å². The normalized spacial score (nSPS) is 18.8. The van der Waals surface area contributed by atoms with E-state index in [1.807, 2.05) is 11.8 Å². The minimum absolute atomic E-state index is 0.0188. The molecule has 2 atom stereocenters. The average Bonchev–Trinajstić information content (AvgIpc) is 3.40. The molecule has 1 aliphatic carbocycles. The van der Waals surface area contributed by atoms with Crippen LogP contribution in [0.3, 0.4) is 0 Å². The Morgan fingerprint density at radius 1 is 1.33 bits per heavy atom. The molecule has 2 aromatic heterocycles. The Labute approximate surface area is 207 Å². The number of hydrogen-bond donors (Lipinski definition) is 2. The second-order valence-corrected chi connectivity index (χ2v) is 10.1. The van der Waals surface area contributed by atoms with E-state index in [1.165, 1.54) is 13.3 Å². The van der Waals surface area contributed by atoms with Crippen LogP contribution in [0.2, 0.25) is 0 Å². The number of halogens is 1. The molecule has 36 heavy (non-hydrogen) atoms. The summed E-state index contributed by atoms with van der Waals surface area (Å²) in [4.78, 5) is 31.1. The van der Waals surface area contributed by atoms with Gasteiger partial charge in [-0.15, -0.1) is 0 Å². The summed E-state index contributed by atoms with van der Waals surface area (Å²) in [7, 11) is 1.46. The molecule has 3 heterocycles. The van der Waals surface area contributed by atoms with Crippen LogP contribution in [-0.4, -0.2) is 46.9 Å². The molecule has 5 rings (SSSR count). The number of methoxy groups -OCH3 is 1. The van der Waals surface area contributed by atoms with Crippen LogP contribution in [0.4, 0.5) is 10.1 Å². The Balaban J connectivity index is 1.58. The fourth-order valence-corrected chi connectivity index (χ4v) is 5.27. The first kappa shape index (κ1) is 24.3. The molecular formula is C26H31FN4O5. The lowest BCUT2D eigenvalue weighted by atomic mass is 9.98. The summed E-state index contributed by atoms with van der Waals surface area (Å²) in [6.07, 6.45) is 5.56. The van der Waals surface area contributed by atoms with Crippen molar-refractivity contribution < 1.29 is 23.4 Å². The van der Waals surface area contributed by atoms with Crippen molar-refractivity contribution in [1.29, 1.82) is 0 Å². The van der Waals surface area contributed by atoms with Crippen molar-refractivity contribution in [3.05, 3.63) is 51.7 Å². The molecule has 0 radical (unpaired) electrons. The van der Waals surface area contributed by atoms with Gasteiger partial charge in [-0.1, -0.05) is 13.8 Å². The number of aryl methyl sites for hydroxylation is 1. The summed E-state index contributed by atoms with van der Waals surface area (Å²) in [5, 5.41) is 13.1. The number of carbonyl (C=O) groups is 1. The highest BCUT2D eigenvalue weighted by Crippen LogP contribution is 2.45. The maximum atomic E-state index is 15.7. The van der Waals surface area contributed by atoms with Gasteiger partial charge in [0.2, 0.25) is 11.3 Å². The third-order valence-corrected chi connectivity index (χ3v) is 7.00. The van der Waals surface area contributed by atoms with Crippen molar-refractivity contribution in [1.82, 2.24) is 14.9 Å². The molecule has 0 amide bonds. The highest BCUT2D eigenvalue weighted by Gasteiger charge is 2.37. The number of aromatic carboxylic acids is 1. The van der Waals surface area contributed by atoms with Gasteiger partial charge < -0.3 is 29.0 Å². The molecule has 0 bridgehead atoms. The number of ether oxygens (including phenoxy) is 1. The first-order chi connectivity index (χ1) is 17.2. The Morgan fingerprint density at radius 3 is 2.67 bits per heavy atom. The highest BCUT2D eigenvalue weighted by molar-refractivity contribution is 5.97. The number of nitrogens with zero attached hydrogens (tertiary/aromatic N) is 3. The van der Waals surface area contributed by atoms with Crippen LogP contribution in [0.1, 0.15) is 67.2 Å². The van der Waals surface area contributed by atoms with Gasteiger partial charge in [-0.2, -0.15) is 0 Å². The first-order valence-corrected chi connectivity index (χ1v) is 12.3. The number of fused-ring (bicyclic) bond motifs is 1. The van der Waals surface area contributed by atoms with Crippen molar-refractivity contribution in [3.63, 3.8) is 0 Å². The second kappa shape index (κ2) is 9.24. The zero-order valence-corrected chi connectivity index (χ0v) is 20.9. The number of pyridine rings is 1. The predicted octanol–water partition coefficient (Wildman–Crippen LogP) is 4.04. The maximum absolute atomic E-state index is 15.7. The number of nitrogens with one attached hydrogen (secondary N) is 1. The molecule has 1 aromatic carbocycles. The Kier molecular flexibility index (Phi) is 6.23. The Morgan fingerprint density at radius 2 is 2.08 bits per heavy atom. The van der Waals surface area contributed by atoms with Crippen molar-refractivity contribution in [2.45, 2.75) is 58.2 Å². The van der Waals surface area contributed by atoms with Crippen molar-refractivity contribution in [2.75, 3.05) is 25.1 Å². The summed E-state index contributed by atoms with van der Waals surface area (Å²) in [6.45, 7) is 7.09. The molecule has 10 heteroatoms. The van der Waals surface area contributed by atoms with Crippen molar-refractivity contribution in [3.8, 4) is 5.75 Å². The zero-order chi connectivity index (χ0) is 25.7. The van der Waals surface area contributed by atoms with Crippen LogP contribution >= 0.6 is 0 Å². The summed E-state index contributed by atoms with van der Waals surface area (Å²) in [5.41, 5.74) is -0.349. The number of benzene rings is 1. The Hall–Kier alpha value is -3.40. The molecule has 2 fully saturated rings. The van der Waals surface area contributed by atoms with Gasteiger partial charge in [0, 0.05) is 37.3 Å². The minimum atomic E-state index is -1.33. The lowest BCUT2D eigenvalue weighted by Gasteiger charge is -2.27. The van der Waals surface area contributed by atoms with Gasteiger partial charge >= 0.3 is 5.97 Å². The van der Waals surface area contributed by atoms with E-state index < -0.39 is 17.2 Å². The van der Waals surface area contributed by atoms with E-state index in [1.54, 1.807) is 10.8 Å². The van der Waals surface area contributed by atoms with E-state index in [2.05, 4.69) is 24.1 Å². The largest absolute Gasteiger partial charge is 0.492 e. The highest BCUT2D eigenvalue weighted by atomic mass is 19.1. The van der Waals surface area contributed by atoms with Crippen LogP contribution in [-0.2, 0) is 0 Å². The van der Waals surface area contributed by atoms with E-state index >= 15 is 4.39 Å². The molecule has 192 valence electrons. The molecule has 0 spiro atoms. The van der Waals surface area contributed by atoms with Crippen molar-refractivity contribution >= 4 is 22.6 Å². The molecule has 2 unspecified atom stereocenters. The van der Waals surface area contributed by atoms with Gasteiger partial charge in [-0.25, -0.2) is 14.2 Å². The number of carboxylic acid groups (broad SMARTS) is 1. The third-order valence-electron chi connectivity index (χ3n) is 7.00. The predicted molar refractivity (Wildman–Crippen MR) is 133 cm³/mol. The molecule has 1 aliphatic heterocycles. The van der Waals surface area contributed by atoms with E-state index in [4.69, 9.17) is 9.15 Å². The van der Waals surface area contributed by atoms with Crippen LogP contribution in [0.5, 0.6) is 5.75 Å². The molecular weight excluding hydrogens is 467 g/mol. The lowest BCUT2D eigenvalue weighted by Crippen LogP contribution is -2.35. The van der Waals surface area contributed by atoms with Gasteiger partial charge in [-0.05, 0) is 32.3 Å². The number of oxazole rings is 1. The lowest BCUT2D eigenvalue weighted by molar-refractivity contribution is 0.0694. The van der Waals surface area contributed by atoms with E-state index in [-0.39, 0.29) is 46.4 Å². The molecule has 2 N–H and O–H groups in total. The second-order valence-electron chi connectivity index (χ2n) is 10.1. The van der Waals surface area contributed by atoms with E-state index in [9.17, 15) is 14.7 Å². The van der Waals surface area contributed by atoms with Gasteiger partial charge in [0.25, 0.3) is 0 Å². The quantitative estimate of drug-likeness (QED) is 0.479. The summed E-state index contributed by atoms with van der Waals surface area (Å²) in [5.74, 6) is -0.230. The number of carboxylic acids is 1. The van der Waals surface area contributed by atoms with Gasteiger partial charge in [-0.3, -0.25) is 4.79 Å². The van der Waals surface area contributed by atoms with Crippen LogP contribution < -0.4 is 20.4 Å². The average molecular weight is 499 g/mol. The molecule has 9 nitrogen and oxygen atoms in total. The Bertz CT molecular complexity index is 1380. The topological polar surface area (TPSA) is 110 Å². The summed E-state index contributed by atoms with van der Waals surface area (Å²) in [6, 6.07) is 1.27. The first-order valence-electron chi connectivity index (χ1n) is 12.3. The van der Waals surface area contributed by atoms with Crippen molar-refractivity contribution in [2.24, 2.45) is 5.92 Å². The fourth-order valence-electron chi connectivity index (χ4n) is 5.27. The monoisotopic (exact) mass is 498 g/mol.